The van der Waals surface area contributed by atoms with Gasteiger partial charge in [0.1, 0.15) is 17.4 Å². The molecule has 3 amide bonds. The number of nitriles is 1. The van der Waals surface area contributed by atoms with Crippen LogP contribution in [0.4, 0.5) is 18.9 Å². The molecular formula is C47H51F3N10O7S. The maximum Gasteiger partial charge on any atom is 0.301 e. The molecule has 68 heavy (non-hydrogen) atoms. The van der Waals surface area contributed by atoms with Crippen molar-refractivity contribution in [2.45, 2.75) is 82.1 Å². The van der Waals surface area contributed by atoms with Gasteiger partial charge in [-0.25, -0.2) is 18.2 Å². The molecule has 0 bridgehead atoms. The molecule has 5 aromatic rings. The first kappa shape index (κ1) is 46.7. The highest BCUT2D eigenvalue weighted by atomic mass is 32.2. The van der Waals surface area contributed by atoms with E-state index in [9.17, 15) is 32.9 Å². The average molecular weight is 957 g/mol. The largest absolute Gasteiger partial charge is 0.453 e. The number of likely N-dealkylation sites (tertiary alicyclic amines) is 2. The first-order valence-corrected chi connectivity index (χ1v) is 24.2. The zero-order valence-corrected chi connectivity index (χ0v) is 38.6. The molecule has 3 saturated heterocycles. The zero-order valence-electron chi connectivity index (χ0n) is 37.8. The molecule has 1 aliphatic carbocycles. The van der Waals surface area contributed by atoms with Crippen LogP contribution in [0.3, 0.4) is 0 Å². The molecule has 3 aliphatic heterocycles. The molecule has 21 heteroatoms. The summed E-state index contributed by atoms with van der Waals surface area (Å²) in [5.74, 6) is -7.13. The summed E-state index contributed by atoms with van der Waals surface area (Å²) in [5, 5.41) is 17.7. The number of benzene rings is 3. The van der Waals surface area contributed by atoms with Crippen LogP contribution in [0, 0.1) is 22.6 Å². The van der Waals surface area contributed by atoms with Crippen LogP contribution in [0.1, 0.15) is 93.0 Å². The second-order valence-electron chi connectivity index (χ2n) is 18.5. The van der Waals surface area contributed by atoms with Crippen LogP contribution in [-0.4, -0.2) is 112 Å². The molecule has 1 spiro atoms. The Balaban J connectivity index is 0.814. The van der Waals surface area contributed by atoms with E-state index in [1.54, 1.807) is 52.4 Å². The fourth-order valence-electron chi connectivity index (χ4n) is 10.5. The third-order valence-electron chi connectivity index (χ3n) is 14.4. The maximum atomic E-state index is 16.0. The zero-order chi connectivity index (χ0) is 48.3. The van der Waals surface area contributed by atoms with Crippen molar-refractivity contribution in [1.29, 1.82) is 5.26 Å². The van der Waals surface area contributed by atoms with E-state index >= 15 is 13.2 Å². The molecule has 4 aliphatic rings. The molecule has 2 aromatic heterocycles. The monoisotopic (exact) mass is 956 g/mol. The predicted octanol–water partition coefficient (Wildman–Crippen LogP) is 5.67. The van der Waals surface area contributed by atoms with E-state index in [1.165, 1.54) is 30.4 Å². The molecule has 0 radical (unpaired) electrons. The van der Waals surface area contributed by atoms with E-state index < -0.39 is 52.0 Å². The van der Waals surface area contributed by atoms with Crippen LogP contribution in [-0.2, 0) is 31.6 Å². The first-order valence-electron chi connectivity index (χ1n) is 22.7. The van der Waals surface area contributed by atoms with Gasteiger partial charge in [-0.05, 0) is 98.9 Å². The van der Waals surface area contributed by atoms with Gasteiger partial charge in [0.2, 0.25) is 17.7 Å². The molecule has 5 heterocycles. The van der Waals surface area contributed by atoms with E-state index in [0.29, 0.717) is 79.4 Å². The second kappa shape index (κ2) is 17.9. The molecular weight excluding hydrogens is 906 g/mol. The van der Waals surface area contributed by atoms with E-state index in [0.717, 1.165) is 22.9 Å². The summed E-state index contributed by atoms with van der Waals surface area (Å²) in [7, 11) is -0.993. The lowest BCUT2D eigenvalue weighted by atomic mass is 9.77. The lowest BCUT2D eigenvalue weighted by Gasteiger charge is -2.42. The van der Waals surface area contributed by atoms with Crippen molar-refractivity contribution < 1.29 is 40.7 Å². The number of hydrogen-bond acceptors (Lipinski definition) is 11. The third kappa shape index (κ3) is 8.80. The van der Waals surface area contributed by atoms with Gasteiger partial charge in [0.25, 0.3) is 11.5 Å². The number of piperidine rings is 3. The van der Waals surface area contributed by atoms with Gasteiger partial charge in [-0.2, -0.15) is 23.1 Å². The molecule has 4 fully saturated rings. The number of nitrogens with zero attached hydrogens (tertiary/aromatic N) is 8. The van der Waals surface area contributed by atoms with Crippen LogP contribution in [0.15, 0.2) is 59.7 Å². The summed E-state index contributed by atoms with van der Waals surface area (Å²) in [5.41, 5.74) is 0.941. The molecule has 3 aromatic carbocycles. The minimum Gasteiger partial charge on any atom is -0.453 e. The quantitative estimate of drug-likeness (QED) is 0.154. The Morgan fingerprint density at radius 1 is 1.03 bits per heavy atom. The number of fused-ring (bicyclic) bond motifs is 2. The number of aryl methyl sites for hydroxylation is 1. The number of halogens is 3. The number of hydrogen-bond donors (Lipinski definition) is 2. The van der Waals surface area contributed by atoms with Crippen LogP contribution in [0.25, 0.3) is 21.8 Å². The summed E-state index contributed by atoms with van der Waals surface area (Å²) < 4.78 is 84.8. The fourth-order valence-corrected chi connectivity index (χ4v) is 11.4. The average Bonchev–Trinajstić information content (AvgIpc) is 3.86. The Morgan fingerprint density at radius 3 is 2.53 bits per heavy atom. The summed E-state index contributed by atoms with van der Waals surface area (Å²) in [6, 6.07) is 13.3. The van der Waals surface area contributed by atoms with Crippen molar-refractivity contribution in [3.8, 4) is 17.6 Å². The summed E-state index contributed by atoms with van der Waals surface area (Å²) in [4.78, 5) is 59.7. The van der Waals surface area contributed by atoms with Gasteiger partial charge in [-0.3, -0.25) is 43.4 Å². The smallest absolute Gasteiger partial charge is 0.301 e. The van der Waals surface area contributed by atoms with Crippen LogP contribution < -0.4 is 20.3 Å². The number of imide groups is 1. The van der Waals surface area contributed by atoms with Gasteiger partial charge in [-0.1, -0.05) is 19.1 Å². The van der Waals surface area contributed by atoms with Gasteiger partial charge >= 0.3 is 10.2 Å². The van der Waals surface area contributed by atoms with Gasteiger partial charge < -0.3 is 9.64 Å². The summed E-state index contributed by atoms with van der Waals surface area (Å²) in [6.45, 7) is 2.33. The Hall–Kier alpha value is -6.37. The Labute approximate surface area is 390 Å². The normalized spacial score (nSPS) is 21.9. The van der Waals surface area contributed by atoms with Crippen LogP contribution >= 0.6 is 0 Å². The van der Waals surface area contributed by atoms with Crippen molar-refractivity contribution >= 4 is 55.4 Å². The molecule has 17 nitrogen and oxygen atoms in total. The lowest BCUT2D eigenvalue weighted by molar-refractivity contribution is -0.138. The van der Waals surface area contributed by atoms with Crippen molar-refractivity contribution in [2.75, 3.05) is 51.0 Å². The van der Waals surface area contributed by atoms with Gasteiger partial charge in [0, 0.05) is 51.6 Å². The van der Waals surface area contributed by atoms with Crippen molar-refractivity contribution in [3.63, 3.8) is 0 Å². The number of rotatable bonds is 11. The molecule has 358 valence electrons. The number of nitrogens with one attached hydrogen (secondary N) is 2. The van der Waals surface area contributed by atoms with Gasteiger partial charge in [-0.15, -0.1) is 0 Å². The Morgan fingerprint density at radius 2 is 1.81 bits per heavy atom. The van der Waals surface area contributed by atoms with E-state index in [1.807, 2.05) is 6.07 Å². The number of aromatic nitrogens is 4. The van der Waals surface area contributed by atoms with Crippen LogP contribution in [0.2, 0.25) is 0 Å². The van der Waals surface area contributed by atoms with Gasteiger partial charge in [0.05, 0.1) is 59.1 Å². The second-order valence-corrected chi connectivity index (χ2v) is 20.3. The van der Waals surface area contributed by atoms with Gasteiger partial charge in [0.15, 0.2) is 11.6 Å². The van der Waals surface area contributed by atoms with Crippen molar-refractivity contribution in [3.05, 3.63) is 87.9 Å². The van der Waals surface area contributed by atoms with E-state index in [4.69, 9.17) is 4.74 Å². The van der Waals surface area contributed by atoms with Crippen molar-refractivity contribution in [2.24, 2.45) is 12.5 Å². The molecule has 2 N–H and O–H groups in total. The van der Waals surface area contributed by atoms with E-state index in [2.05, 4.69) is 20.1 Å². The number of alkyl halides is 2. The highest BCUT2D eigenvalue weighted by molar-refractivity contribution is 7.90. The highest BCUT2D eigenvalue weighted by Crippen LogP contribution is 2.50. The maximum absolute atomic E-state index is 16.0. The standard InChI is InChI=1S/C47H51F3N10O7S/c1-4-56(2)68(65,66)55-38-11-9-36(48)43(34(38)24-51)67-30-6-10-37-33(22-30)45(64)60(27-52-37)29-13-15-46(23-29)16-19-59(20-17-46)41(62)25-58-18-14-35(47(49,50)26-58)28-5-7-31-39(21-28)57(3)54-42(31)32-8-12-40(61)53-44(32)63/h5-7,9-11,21-22,27,29,32,35,55H,4,8,12-20,23,25-26H2,1-3H3,(H,53,61,63)/t29-,32?,35?/m0/s1. The summed E-state index contributed by atoms with van der Waals surface area (Å²) >= 11 is 0. The minimum absolute atomic E-state index is 0.0364. The Bertz CT molecular complexity index is 3070. The van der Waals surface area contributed by atoms with E-state index in [-0.39, 0.29) is 77.1 Å². The number of ether oxygens (including phenoxy) is 1. The number of anilines is 1. The first-order chi connectivity index (χ1) is 32.4. The summed E-state index contributed by atoms with van der Waals surface area (Å²) in [6.07, 6.45) is 5.76. The molecule has 9 rings (SSSR count). The number of carbonyl (C=O) groups excluding carboxylic acids is 3. The predicted molar refractivity (Wildman–Crippen MR) is 244 cm³/mol. The highest BCUT2D eigenvalue weighted by Gasteiger charge is 2.47. The SMILES string of the molecule is CCN(C)S(=O)(=O)Nc1ccc(F)c(Oc2ccc3ncn([C@H]4CCC5(CCN(C(=O)CN6CCC(c7ccc8c(C9CCC(=O)NC9=O)nn(C)c8c7)C(F)(F)C6)CC5)C4)c(=O)c3c2)c1C#N. The Kier molecular flexibility index (Phi) is 12.3. The number of amides is 3. The molecule has 1 saturated carbocycles. The lowest BCUT2D eigenvalue weighted by Crippen LogP contribution is -2.52. The van der Waals surface area contributed by atoms with Crippen molar-refractivity contribution in [1.82, 2.24) is 38.8 Å². The third-order valence-corrected chi connectivity index (χ3v) is 16.0. The molecule has 3 atom stereocenters. The van der Waals surface area contributed by atoms with Crippen LogP contribution in [0.5, 0.6) is 11.5 Å². The molecule has 2 unspecified atom stereocenters. The number of carbonyl (C=O) groups is 3. The minimum atomic E-state index is -4.04. The topological polar surface area (TPSA) is 205 Å². The fraction of sp³-hybridized carbons (Fsp3) is 0.468.